The predicted octanol–water partition coefficient (Wildman–Crippen LogP) is 4.49. The van der Waals surface area contributed by atoms with Crippen molar-refractivity contribution >= 4 is 17.6 Å². The van der Waals surface area contributed by atoms with Gasteiger partial charge < -0.3 is 4.74 Å². The first kappa shape index (κ1) is 15.9. The van der Waals surface area contributed by atoms with Crippen molar-refractivity contribution in [3.05, 3.63) is 35.9 Å². The van der Waals surface area contributed by atoms with E-state index < -0.39 is 6.09 Å². The summed E-state index contributed by atoms with van der Waals surface area (Å²) in [6, 6.07) is 9.64. The molecule has 1 aromatic carbocycles. The Balaban J connectivity index is 2.08. The van der Waals surface area contributed by atoms with E-state index in [-0.39, 0.29) is 10.8 Å². The fourth-order valence-corrected chi connectivity index (χ4v) is 4.30. The van der Waals surface area contributed by atoms with Crippen molar-refractivity contribution in [3.8, 4) is 0 Å². The fourth-order valence-electron chi connectivity index (χ4n) is 4.30. The molecule has 0 aromatic heterocycles. The van der Waals surface area contributed by atoms with Crippen LogP contribution >= 0.6 is 0 Å². The van der Waals surface area contributed by atoms with Crippen LogP contribution in [0, 0.1) is 16.7 Å². The van der Waals surface area contributed by atoms with Crippen LogP contribution < -0.4 is 0 Å². The van der Waals surface area contributed by atoms with Gasteiger partial charge in [-0.25, -0.2) is 9.79 Å². The summed E-state index contributed by atoms with van der Waals surface area (Å²) < 4.78 is 4.71. The predicted molar refractivity (Wildman–Crippen MR) is 92.0 cm³/mol. The number of carbonyl (C=O) groups is 1. The molecule has 0 N–H and O–H groups in total. The molecule has 2 aliphatic rings. The van der Waals surface area contributed by atoms with Crippen molar-refractivity contribution < 1.29 is 9.53 Å². The Morgan fingerprint density at radius 1 is 1.22 bits per heavy atom. The second kappa shape index (κ2) is 5.59. The summed E-state index contributed by atoms with van der Waals surface area (Å²) in [4.78, 5) is 20.7. The topological polar surface area (TPSA) is 51.0 Å². The van der Waals surface area contributed by atoms with Gasteiger partial charge in [0.25, 0.3) is 0 Å². The van der Waals surface area contributed by atoms with E-state index in [4.69, 9.17) is 9.73 Å². The maximum absolute atomic E-state index is 11.7. The highest BCUT2D eigenvalue weighted by Gasteiger charge is 2.57. The maximum Gasteiger partial charge on any atom is 0.435 e. The monoisotopic (exact) mass is 312 g/mol. The number of ether oxygens (including phenoxy) is 1. The highest BCUT2D eigenvalue weighted by Crippen LogP contribution is 2.60. The molecule has 2 aliphatic carbocycles. The molecule has 2 bridgehead atoms. The van der Waals surface area contributed by atoms with Crippen molar-refractivity contribution in [2.24, 2.45) is 26.7 Å². The van der Waals surface area contributed by atoms with Crippen molar-refractivity contribution in [1.29, 1.82) is 0 Å². The number of carbonyl (C=O) groups excluding carboxylic acids is 1. The summed E-state index contributed by atoms with van der Waals surface area (Å²) in [5.41, 5.74) is 2.19. The van der Waals surface area contributed by atoms with E-state index in [0.717, 1.165) is 5.56 Å². The minimum atomic E-state index is -0.612. The Hall–Kier alpha value is -1.97. The second-order valence-electron chi connectivity index (χ2n) is 7.45. The lowest BCUT2D eigenvalue weighted by Gasteiger charge is -2.35. The summed E-state index contributed by atoms with van der Waals surface area (Å²) in [5.74, 6) is 1.12. The third kappa shape index (κ3) is 2.71. The van der Waals surface area contributed by atoms with Crippen LogP contribution in [0.15, 0.2) is 40.3 Å². The number of benzene rings is 1. The van der Waals surface area contributed by atoms with Crippen molar-refractivity contribution in [2.45, 2.75) is 40.0 Å². The first-order chi connectivity index (χ1) is 10.9. The number of rotatable bonds is 1. The summed E-state index contributed by atoms with van der Waals surface area (Å²) in [6.45, 7) is 6.82. The minimum Gasteiger partial charge on any atom is -0.451 e. The lowest BCUT2D eigenvalue weighted by molar-refractivity contribution is 0.182. The van der Waals surface area contributed by atoms with Gasteiger partial charge in [0.05, 0.1) is 7.11 Å². The summed E-state index contributed by atoms with van der Waals surface area (Å²) >= 11 is 0. The maximum atomic E-state index is 11.7. The molecule has 2 saturated carbocycles. The zero-order chi connectivity index (χ0) is 16.7. The Labute approximate surface area is 137 Å². The molecular formula is C19H24N2O2. The number of amides is 1. The smallest absolute Gasteiger partial charge is 0.435 e. The van der Waals surface area contributed by atoms with Crippen LogP contribution in [-0.2, 0) is 4.74 Å². The van der Waals surface area contributed by atoms with Crippen molar-refractivity contribution in [1.82, 2.24) is 0 Å². The SMILES string of the molecule is COC(=O)/N=C(/N=C1C(C)(C)[C@H]2CC[C@]1(C)C2)c1ccccc1. The fraction of sp³-hybridized carbons (Fsp3) is 0.526. The number of nitrogens with zero attached hydrogens (tertiary/aromatic N) is 2. The van der Waals surface area contributed by atoms with Gasteiger partial charge in [0.2, 0.25) is 0 Å². The molecule has 1 aromatic rings. The van der Waals surface area contributed by atoms with Gasteiger partial charge in [0.15, 0.2) is 5.84 Å². The molecule has 122 valence electrons. The standard InChI is InChI=1S/C19H24N2O2/c1-18(2)14-10-11-19(3,12-14)16(18)20-15(21-17(22)23-4)13-8-6-5-7-9-13/h5-9,14H,10-12H2,1-4H3/b20-16?,21-15+/t14-,19+/m0/s1. The van der Waals surface area contributed by atoms with E-state index in [0.29, 0.717) is 11.8 Å². The molecular weight excluding hydrogens is 288 g/mol. The third-order valence-corrected chi connectivity index (χ3v) is 5.57. The molecule has 1 amide bonds. The Morgan fingerprint density at radius 2 is 1.91 bits per heavy atom. The molecule has 0 heterocycles. The lowest BCUT2D eigenvalue weighted by Crippen LogP contribution is -2.36. The van der Waals surface area contributed by atoms with Gasteiger partial charge in [-0.3, -0.25) is 0 Å². The number of hydrogen-bond acceptors (Lipinski definition) is 2. The molecule has 0 saturated heterocycles. The van der Waals surface area contributed by atoms with Crippen LogP contribution in [0.5, 0.6) is 0 Å². The van der Waals surface area contributed by atoms with Crippen LogP contribution in [0.2, 0.25) is 0 Å². The summed E-state index contributed by atoms with van der Waals surface area (Å²) in [5, 5.41) is 0. The van der Waals surface area contributed by atoms with Crippen LogP contribution in [0.3, 0.4) is 0 Å². The highest BCUT2D eigenvalue weighted by molar-refractivity contribution is 6.13. The average molecular weight is 312 g/mol. The molecule has 0 unspecified atom stereocenters. The normalized spacial score (nSPS) is 30.7. The molecule has 4 heteroatoms. The minimum absolute atomic E-state index is 0.0542. The van der Waals surface area contributed by atoms with Crippen molar-refractivity contribution in [2.75, 3.05) is 7.11 Å². The van der Waals surface area contributed by atoms with E-state index in [1.54, 1.807) is 0 Å². The molecule has 4 nitrogen and oxygen atoms in total. The van der Waals surface area contributed by atoms with Crippen LogP contribution in [-0.4, -0.2) is 24.8 Å². The van der Waals surface area contributed by atoms with Gasteiger partial charge in [-0.1, -0.05) is 51.1 Å². The first-order valence-electron chi connectivity index (χ1n) is 8.18. The quantitative estimate of drug-likeness (QED) is 0.567. The largest absolute Gasteiger partial charge is 0.451 e. The first-order valence-corrected chi connectivity index (χ1v) is 8.18. The molecule has 23 heavy (non-hydrogen) atoms. The van der Waals surface area contributed by atoms with E-state index >= 15 is 0 Å². The van der Waals surface area contributed by atoms with Gasteiger partial charge in [0.1, 0.15) is 0 Å². The molecule has 0 aliphatic heterocycles. The summed E-state index contributed by atoms with van der Waals surface area (Å²) in [6.07, 6.45) is 3.00. The zero-order valence-electron chi connectivity index (χ0n) is 14.3. The highest BCUT2D eigenvalue weighted by atomic mass is 16.5. The number of aliphatic imine (C=N–C) groups is 2. The summed E-state index contributed by atoms with van der Waals surface area (Å²) in [7, 11) is 1.34. The zero-order valence-corrected chi connectivity index (χ0v) is 14.3. The Bertz CT molecular complexity index is 669. The van der Waals surface area contributed by atoms with Gasteiger partial charge in [-0.15, -0.1) is 0 Å². The lowest BCUT2D eigenvalue weighted by atomic mass is 9.71. The van der Waals surface area contributed by atoms with Crippen LogP contribution in [0.1, 0.15) is 45.6 Å². The molecule has 2 atom stereocenters. The molecule has 3 rings (SSSR count). The van der Waals surface area contributed by atoms with Crippen molar-refractivity contribution in [3.63, 3.8) is 0 Å². The molecule has 0 radical (unpaired) electrons. The van der Waals surface area contributed by atoms with Crippen LogP contribution in [0.25, 0.3) is 0 Å². The second-order valence-corrected chi connectivity index (χ2v) is 7.45. The number of hydrogen-bond donors (Lipinski definition) is 0. The number of fused-ring (bicyclic) bond motifs is 2. The molecule has 2 fully saturated rings. The Morgan fingerprint density at radius 3 is 2.48 bits per heavy atom. The van der Waals surface area contributed by atoms with Crippen LogP contribution in [0.4, 0.5) is 4.79 Å². The Kier molecular flexibility index (Phi) is 3.86. The molecule has 0 spiro atoms. The van der Waals surface area contributed by atoms with Gasteiger partial charge in [-0.05, 0) is 25.2 Å². The number of methoxy groups -OCH3 is 1. The van der Waals surface area contributed by atoms with E-state index in [9.17, 15) is 4.79 Å². The van der Waals surface area contributed by atoms with Gasteiger partial charge in [0, 0.05) is 22.1 Å². The van der Waals surface area contributed by atoms with E-state index in [1.165, 1.54) is 32.1 Å². The van der Waals surface area contributed by atoms with Gasteiger partial charge >= 0.3 is 6.09 Å². The van der Waals surface area contributed by atoms with E-state index in [2.05, 4.69) is 25.8 Å². The number of amidine groups is 1. The average Bonchev–Trinajstić information content (AvgIpc) is 3.02. The van der Waals surface area contributed by atoms with E-state index in [1.807, 2.05) is 30.3 Å². The third-order valence-electron chi connectivity index (χ3n) is 5.57. The van der Waals surface area contributed by atoms with Gasteiger partial charge in [-0.2, -0.15) is 4.99 Å².